The predicted molar refractivity (Wildman–Crippen MR) is 103 cm³/mol. The molecule has 0 spiro atoms. The van der Waals surface area contributed by atoms with E-state index >= 15 is 0 Å². The number of aromatic amines is 1. The maximum Gasteiger partial charge on any atom is 0.434 e. The van der Waals surface area contributed by atoms with Gasteiger partial charge in [-0.3, -0.25) is 9.59 Å². The van der Waals surface area contributed by atoms with Gasteiger partial charge in [0.05, 0.1) is 35.2 Å². The molecule has 2 aromatic heterocycles. The Kier molecular flexibility index (Phi) is 5.22. The Labute approximate surface area is 177 Å². The molecule has 162 valence electrons. The molecule has 31 heavy (non-hydrogen) atoms. The van der Waals surface area contributed by atoms with Crippen molar-refractivity contribution in [3.63, 3.8) is 0 Å². The summed E-state index contributed by atoms with van der Waals surface area (Å²) in [6, 6.07) is 3.97. The molecule has 11 heteroatoms. The lowest BCUT2D eigenvalue weighted by Gasteiger charge is -2.33. The van der Waals surface area contributed by atoms with Crippen molar-refractivity contribution in [2.24, 2.45) is 0 Å². The number of amides is 1. The van der Waals surface area contributed by atoms with E-state index < -0.39 is 40.2 Å². The minimum absolute atomic E-state index is 0.0650. The van der Waals surface area contributed by atoms with Crippen molar-refractivity contribution in [3.05, 3.63) is 74.2 Å². The van der Waals surface area contributed by atoms with Crippen molar-refractivity contribution in [3.8, 4) is 0 Å². The predicted octanol–water partition coefficient (Wildman–Crippen LogP) is 4.08. The molecule has 0 saturated heterocycles. The summed E-state index contributed by atoms with van der Waals surface area (Å²) in [6.45, 7) is 0.152. The summed E-state index contributed by atoms with van der Waals surface area (Å²) in [5, 5.41) is -0.125. The molecule has 1 amide bonds. The summed E-state index contributed by atoms with van der Waals surface area (Å²) in [4.78, 5) is 32.5. The third kappa shape index (κ3) is 3.77. The fraction of sp³-hybridized carbons (Fsp3) is 0.250. The summed E-state index contributed by atoms with van der Waals surface area (Å²) < 4.78 is 57.8. The van der Waals surface area contributed by atoms with Gasteiger partial charge in [0.1, 0.15) is 5.82 Å². The van der Waals surface area contributed by atoms with Gasteiger partial charge in [0.25, 0.3) is 11.5 Å². The Bertz CT molecular complexity index is 1260. The number of ether oxygens (including phenoxy) is 1. The quantitative estimate of drug-likeness (QED) is 0.591. The zero-order valence-electron chi connectivity index (χ0n) is 15.9. The maximum atomic E-state index is 13.7. The van der Waals surface area contributed by atoms with Crippen LogP contribution in [0.2, 0.25) is 5.02 Å². The summed E-state index contributed by atoms with van der Waals surface area (Å²) in [5.41, 5.74) is -0.922. The van der Waals surface area contributed by atoms with E-state index in [1.807, 2.05) is 0 Å². The summed E-state index contributed by atoms with van der Waals surface area (Å²) in [7, 11) is 1.44. The number of carbonyl (C=O) groups excluding carboxylic acids is 1. The molecule has 0 fully saturated rings. The zero-order valence-corrected chi connectivity index (χ0v) is 16.6. The smallest absolute Gasteiger partial charge is 0.373 e. The molecule has 1 N–H and O–H groups in total. The Balaban J connectivity index is 1.76. The minimum atomic E-state index is -4.75. The molecule has 0 bridgehead atoms. The van der Waals surface area contributed by atoms with Crippen molar-refractivity contribution >= 4 is 28.3 Å². The van der Waals surface area contributed by atoms with Crippen LogP contribution in [0.4, 0.5) is 17.6 Å². The average molecular weight is 456 g/mol. The molecule has 0 saturated carbocycles. The number of aromatic nitrogens is 2. The van der Waals surface area contributed by atoms with Gasteiger partial charge < -0.3 is 14.6 Å². The lowest BCUT2D eigenvalue weighted by atomic mass is 9.95. The van der Waals surface area contributed by atoms with E-state index in [1.165, 1.54) is 24.1 Å². The first-order chi connectivity index (χ1) is 14.6. The molecule has 1 atom stereocenters. The van der Waals surface area contributed by atoms with Gasteiger partial charge in [-0.15, -0.1) is 0 Å². The molecule has 4 rings (SSSR count). The van der Waals surface area contributed by atoms with Gasteiger partial charge >= 0.3 is 6.18 Å². The van der Waals surface area contributed by atoms with Gasteiger partial charge in [-0.1, -0.05) is 17.7 Å². The number of carbonyl (C=O) groups is 1. The van der Waals surface area contributed by atoms with Crippen molar-refractivity contribution < 1.29 is 27.1 Å². The average Bonchev–Trinajstić information content (AvgIpc) is 2.71. The number of fused-ring (bicyclic) bond motifs is 3. The highest BCUT2D eigenvalue weighted by Crippen LogP contribution is 2.35. The highest BCUT2D eigenvalue weighted by atomic mass is 35.5. The largest absolute Gasteiger partial charge is 0.434 e. The van der Waals surface area contributed by atoms with Gasteiger partial charge in [0.2, 0.25) is 0 Å². The van der Waals surface area contributed by atoms with Gasteiger partial charge in [-0.05, 0) is 23.6 Å². The maximum absolute atomic E-state index is 13.7. The van der Waals surface area contributed by atoms with Crippen molar-refractivity contribution in [1.82, 2.24) is 14.9 Å². The molecule has 6 nitrogen and oxygen atoms in total. The van der Waals surface area contributed by atoms with E-state index in [9.17, 15) is 27.2 Å². The number of pyridine rings is 2. The van der Waals surface area contributed by atoms with Crippen LogP contribution in [-0.2, 0) is 17.5 Å². The molecule has 0 radical (unpaired) electrons. The highest BCUT2D eigenvalue weighted by molar-refractivity contribution is 6.31. The number of halogens is 5. The van der Waals surface area contributed by atoms with E-state index in [1.54, 1.807) is 0 Å². The lowest BCUT2D eigenvalue weighted by molar-refractivity contribution is -0.141. The van der Waals surface area contributed by atoms with Gasteiger partial charge in [0.15, 0.2) is 5.69 Å². The number of hydrogen-bond acceptors (Lipinski definition) is 4. The first-order valence-electron chi connectivity index (χ1n) is 9.00. The normalized spacial score (nSPS) is 16.3. The van der Waals surface area contributed by atoms with Crippen LogP contribution in [0.5, 0.6) is 0 Å². The highest BCUT2D eigenvalue weighted by Gasteiger charge is 2.36. The molecule has 1 aliphatic rings. The van der Waals surface area contributed by atoms with Crippen LogP contribution in [0.1, 0.15) is 33.4 Å². The number of benzene rings is 1. The first-order valence-corrected chi connectivity index (χ1v) is 9.37. The Hall–Kier alpha value is -2.98. The number of rotatable bonds is 2. The number of hydrogen-bond donors (Lipinski definition) is 1. The Morgan fingerprint density at radius 2 is 2.03 bits per heavy atom. The number of alkyl halides is 3. The van der Waals surface area contributed by atoms with Crippen LogP contribution in [0, 0.1) is 5.82 Å². The van der Waals surface area contributed by atoms with Crippen LogP contribution in [-0.4, -0.2) is 34.4 Å². The van der Waals surface area contributed by atoms with Crippen molar-refractivity contribution in [2.75, 3.05) is 13.7 Å². The van der Waals surface area contributed by atoms with Crippen LogP contribution in [0.15, 0.2) is 35.3 Å². The second-order valence-electron chi connectivity index (χ2n) is 7.04. The third-order valence-electron chi connectivity index (χ3n) is 5.11. The minimum Gasteiger partial charge on any atom is -0.373 e. The monoisotopic (exact) mass is 455 g/mol. The number of nitrogens with one attached hydrogen (secondary N) is 1. The molecular weight excluding hydrogens is 442 g/mol. The van der Waals surface area contributed by atoms with Crippen LogP contribution < -0.4 is 5.56 Å². The Morgan fingerprint density at radius 3 is 2.71 bits per heavy atom. The van der Waals surface area contributed by atoms with Crippen molar-refractivity contribution in [1.29, 1.82) is 0 Å². The first kappa shape index (κ1) is 21.3. The van der Waals surface area contributed by atoms with Crippen LogP contribution in [0.25, 0.3) is 10.8 Å². The summed E-state index contributed by atoms with van der Waals surface area (Å²) in [5.74, 6) is -1.23. The lowest BCUT2D eigenvalue weighted by Crippen LogP contribution is -2.37. The third-order valence-corrected chi connectivity index (χ3v) is 5.39. The summed E-state index contributed by atoms with van der Waals surface area (Å²) >= 11 is 5.69. The van der Waals surface area contributed by atoms with E-state index in [0.717, 1.165) is 18.3 Å². The van der Waals surface area contributed by atoms with Crippen molar-refractivity contribution in [2.45, 2.75) is 18.8 Å². The summed E-state index contributed by atoms with van der Waals surface area (Å²) in [6.07, 6.45) is -3.95. The topological polar surface area (TPSA) is 75.3 Å². The molecule has 1 aromatic carbocycles. The standard InChI is InChI=1S/C20H14ClF4N3O3/c1-28(19(30)9-4-13(21)17(26-6-9)20(23,24)25)15-8-31-7-14-16(15)11-3-2-10(22)5-12(11)18(29)27-14/h2-6,15H,7-8H2,1H3,(H,27,29)/t15-/m0/s1. The second kappa shape index (κ2) is 7.61. The number of H-pyrrole nitrogens is 1. The van der Waals surface area contributed by atoms with E-state index in [2.05, 4.69) is 9.97 Å². The van der Waals surface area contributed by atoms with Gasteiger partial charge in [0, 0.05) is 24.5 Å². The Morgan fingerprint density at radius 1 is 1.29 bits per heavy atom. The number of nitrogens with zero attached hydrogens (tertiary/aromatic N) is 2. The van der Waals surface area contributed by atoms with Gasteiger partial charge in [-0.2, -0.15) is 13.2 Å². The number of likely N-dealkylation sites (N-methyl/N-ethyl adjacent to an activating group) is 1. The van der Waals surface area contributed by atoms with Crippen LogP contribution >= 0.6 is 11.6 Å². The fourth-order valence-corrected chi connectivity index (χ4v) is 3.91. The van der Waals surface area contributed by atoms with E-state index in [0.29, 0.717) is 16.6 Å². The molecule has 0 unspecified atom stereocenters. The molecule has 0 aliphatic carbocycles. The molecule has 1 aliphatic heterocycles. The molecule has 3 aromatic rings. The van der Waals surface area contributed by atoms with Gasteiger partial charge in [-0.25, -0.2) is 9.37 Å². The molecular formula is C20H14ClF4N3O3. The second-order valence-corrected chi connectivity index (χ2v) is 7.44. The van der Waals surface area contributed by atoms with Crippen LogP contribution in [0.3, 0.4) is 0 Å². The SMILES string of the molecule is CN(C(=O)c1cnc(C(F)(F)F)c(Cl)c1)[C@H]1COCc2[nH]c(=O)c3cc(F)ccc3c21. The zero-order chi connectivity index (χ0) is 22.5. The van der Waals surface area contributed by atoms with E-state index in [-0.39, 0.29) is 24.2 Å². The fourth-order valence-electron chi connectivity index (χ4n) is 3.64. The molecule has 3 heterocycles. The van der Waals surface area contributed by atoms with E-state index in [4.69, 9.17) is 16.3 Å².